The number of piperazine rings is 1. The monoisotopic (exact) mass is 538 g/mol. The molecular formula is C32H31ClN4O2. The Hall–Kier alpha value is -4.00. The van der Waals surface area contributed by atoms with Crippen molar-refractivity contribution in [2.45, 2.75) is 13.5 Å². The summed E-state index contributed by atoms with van der Waals surface area (Å²) < 4.78 is 12.0. The molecule has 0 unspecified atom stereocenters. The smallest absolute Gasteiger partial charge is 0.146 e. The molecule has 1 aliphatic heterocycles. The van der Waals surface area contributed by atoms with Gasteiger partial charge in [0.05, 0.1) is 13.3 Å². The zero-order valence-electron chi connectivity index (χ0n) is 22.2. The fourth-order valence-electron chi connectivity index (χ4n) is 5.21. The van der Waals surface area contributed by atoms with Crippen molar-refractivity contribution in [1.82, 2.24) is 14.9 Å². The van der Waals surface area contributed by atoms with Gasteiger partial charge in [-0.15, -0.1) is 0 Å². The lowest BCUT2D eigenvalue weighted by Gasteiger charge is -2.36. The Kier molecular flexibility index (Phi) is 7.14. The van der Waals surface area contributed by atoms with E-state index in [0.717, 1.165) is 77.2 Å². The molecule has 3 aromatic carbocycles. The molecule has 0 saturated carbocycles. The van der Waals surface area contributed by atoms with Crippen LogP contribution in [-0.2, 0) is 6.54 Å². The lowest BCUT2D eigenvalue weighted by Crippen LogP contribution is -2.46. The van der Waals surface area contributed by atoms with E-state index in [1.807, 2.05) is 42.6 Å². The third-order valence-corrected chi connectivity index (χ3v) is 7.65. The van der Waals surface area contributed by atoms with E-state index in [1.54, 1.807) is 13.3 Å². The molecule has 7 heteroatoms. The molecule has 2 aromatic heterocycles. The number of rotatable bonds is 7. The van der Waals surface area contributed by atoms with E-state index < -0.39 is 0 Å². The number of anilines is 1. The number of methoxy groups -OCH3 is 1. The summed E-state index contributed by atoms with van der Waals surface area (Å²) in [6, 6.07) is 24.7. The normalized spacial score (nSPS) is 14.1. The van der Waals surface area contributed by atoms with E-state index in [0.29, 0.717) is 0 Å². The van der Waals surface area contributed by atoms with Crippen LogP contribution in [0.4, 0.5) is 5.69 Å². The standard InChI is InChI=1S/C32H31ClN4O2/c1-22-6-11-26(19-31(22)39-27-18-24-12-13-34-32(24)35-20-27)37-16-14-36(15-17-37)21-29-28(4-3-5-30(29)38-2)23-7-9-25(33)10-8-23/h3-13,18-20H,14-17,21H2,1-2H3,(H,34,35). The minimum Gasteiger partial charge on any atom is -0.496 e. The zero-order valence-corrected chi connectivity index (χ0v) is 22.9. The lowest BCUT2D eigenvalue weighted by molar-refractivity contribution is 0.246. The van der Waals surface area contributed by atoms with Crippen LogP contribution in [0.2, 0.25) is 5.02 Å². The van der Waals surface area contributed by atoms with Crippen LogP contribution in [-0.4, -0.2) is 48.2 Å². The summed E-state index contributed by atoms with van der Waals surface area (Å²) in [4.78, 5) is 12.5. The van der Waals surface area contributed by atoms with Crippen molar-refractivity contribution in [1.29, 1.82) is 0 Å². The van der Waals surface area contributed by atoms with Gasteiger partial charge < -0.3 is 19.4 Å². The number of aromatic nitrogens is 2. The van der Waals surface area contributed by atoms with Crippen molar-refractivity contribution in [2.75, 3.05) is 38.2 Å². The highest BCUT2D eigenvalue weighted by molar-refractivity contribution is 6.30. The molecule has 0 spiro atoms. The minimum atomic E-state index is 0.737. The second kappa shape index (κ2) is 11.0. The molecule has 1 N–H and O–H groups in total. The second-order valence-electron chi connectivity index (χ2n) is 9.89. The van der Waals surface area contributed by atoms with Crippen LogP contribution >= 0.6 is 11.6 Å². The average molecular weight is 539 g/mol. The highest BCUT2D eigenvalue weighted by Gasteiger charge is 2.21. The summed E-state index contributed by atoms with van der Waals surface area (Å²) in [6.45, 7) is 6.68. The number of aromatic amines is 1. The number of fused-ring (bicyclic) bond motifs is 1. The van der Waals surface area contributed by atoms with E-state index in [9.17, 15) is 0 Å². The number of halogens is 1. The molecule has 1 aliphatic rings. The Morgan fingerprint density at radius 2 is 1.74 bits per heavy atom. The molecule has 198 valence electrons. The molecule has 39 heavy (non-hydrogen) atoms. The molecule has 6 nitrogen and oxygen atoms in total. The van der Waals surface area contributed by atoms with Gasteiger partial charge in [-0.1, -0.05) is 41.9 Å². The molecule has 0 radical (unpaired) electrons. The average Bonchev–Trinajstić information content (AvgIpc) is 3.43. The van der Waals surface area contributed by atoms with Crippen LogP contribution in [0.3, 0.4) is 0 Å². The summed E-state index contributed by atoms with van der Waals surface area (Å²) in [5.41, 5.74) is 6.66. The number of hydrogen-bond donors (Lipinski definition) is 1. The van der Waals surface area contributed by atoms with Crippen LogP contribution in [0.5, 0.6) is 17.2 Å². The Morgan fingerprint density at radius 3 is 2.54 bits per heavy atom. The molecule has 6 rings (SSSR count). The van der Waals surface area contributed by atoms with Crippen molar-refractivity contribution in [3.63, 3.8) is 0 Å². The number of nitrogens with zero attached hydrogens (tertiary/aromatic N) is 3. The van der Waals surface area contributed by atoms with E-state index in [1.165, 1.54) is 16.8 Å². The number of H-pyrrole nitrogens is 1. The second-order valence-corrected chi connectivity index (χ2v) is 10.3. The summed E-state index contributed by atoms with van der Waals surface area (Å²) in [5.74, 6) is 2.51. The third-order valence-electron chi connectivity index (χ3n) is 7.40. The number of pyridine rings is 1. The molecule has 0 aliphatic carbocycles. The van der Waals surface area contributed by atoms with E-state index in [-0.39, 0.29) is 0 Å². The van der Waals surface area contributed by atoms with Gasteiger partial charge in [0, 0.05) is 66.6 Å². The van der Waals surface area contributed by atoms with Crippen LogP contribution < -0.4 is 14.4 Å². The third kappa shape index (κ3) is 5.44. The molecule has 0 bridgehead atoms. The summed E-state index contributed by atoms with van der Waals surface area (Å²) in [5, 5.41) is 1.77. The molecule has 5 aromatic rings. The Balaban J connectivity index is 1.15. The van der Waals surface area contributed by atoms with Gasteiger partial charge in [-0.2, -0.15) is 0 Å². The van der Waals surface area contributed by atoms with E-state index in [2.05, 4.69) is 63.1 Å². The van der Waals surface area contributed by atoms with Gasteiger partial charge in [0.1, 0.15) is 22.9 Å². The van der Waals surface area contributed by atoms with Gasteiger partial charge >= 0.3 is 0 Å². The van der Waals surface area contributed by atoms with Crippen LogP contribution in [0.25, 0.3) is 22.2 Å². The number of benzene rings is 3. The van der Waals surface area contributed by atoms with Gasteiger partial charge in [0.2, 0.25) is 0 Å². The highest BCUT2D eigenvalue weighted by atomic mass is 35.5. The van der Waals surface area contributed by atoms with E-state index in [4.69, 9.17) is 21.1 Å². The van der Waals surface area contributed by atoms with E-state index >= 15 is 0 Å². The van der Waals surface area contributed by atoms with Gasteiger partial charge in [-0.05, 0) is 60.0 Å². The topological polar surface area (TPSA) is 53.6 Å². The first-order valence-electron chi connectivity index (χ1n) is 13.2. The first-order valence-corrected chi connectivity index (χ1v) is 13.6. The highest BCUT2D eigenvalue weighted by Crippen LogP contribution is 2.34. The minimum absolute atomic E-state index is 0.737. The van der Waals surface area contributed by atoms with Gasteiger partial charge in [-0.25, -0.2) is 4.98 Å². The molecule has 3 heterocycles. The van der Waals surface area contributed by atoms with Crippen LogP contribution in [0.15, 0.2) is 85.2 Å². The molecule has 1 saturated heterocycles. The number of hydrogen-bond acceptors (Lipinski definition) is 5. The molecule has 1 fully saturated rings. The largest absolute Gasteiger partial charge is 0.496 e. The van der Waals surface area contributed by atoms with Crippen molar-refractivity contribution in [3.05, 3.63) is 101 Å². The summed E-state index contributed by atoms with van der Waals surface area (Å²) in [7, 11) is 1.74. The first kappa shape index (κ1) is 25.3. The van der Waals surface area contributed by atoms with Crippen LogP contribution in [0.1, 0.15) is 11.1 Å². The SMILES string of the molecule is COc1cccc(-c2ccc(Cl)cc2)c1CN1CCN(c2ccc(C)c(Oc3cnc4[nH]ccc4c3)c2)CC1. The molecule has 0 amide bonds. The maximum absolute atomic E-state index is 6.27. The predicted octanol–water partition coefficient (Wildman–Crippen LogP) is 7.31. The van der Waals surface area contributed by atoms with Crippen molar-refractivity contribution in [3.8, 4) is 28.4 Å². The van der Waals surface area contributed by atoms with Crippen LogP contribution in [0, 0.1) is 6.92 Å². The molecule has 0 atom stereocenters. The predicted molar refractivity (Wildman–Crippen MR) is 158 cm³/mol. The Labute approximate surface area is 233 Å². The Bertz CT molecular complexity index is 1590. The van der Waals surface area contributed by atoms with Crippen molar-refractivity contribution in [2.24, 2.45) is 0 Å². The summed E-state index contributed by atoms with van der Waals surface area (Å²) in [6.07, 6.45) is 3.65. The Morgan fingerprint density at radius 1 is 0.923 bits per heavy atom. The maximum atomic E-state index is 6.27. The van der Waals surface area contributed by atoms with Crippen molar-refractivity contribution < 1.29 is 9.47 Å². The van der Waals surface area contributed by atoms with Gasteiger partial charge in [-0.3, -0.25) is 4.90 Å². The fourth-order valence-corrected chi connectivity index (χ4v) is 5.33. The quantitative estimate of drug-likeness (QED) is 0.235. The lowest BCUT2D eigenvalue weighted by atomic mass is 9.98. The van der Waals surface area contributed by atoms with Crippen molar-refractivity contribution >= 4 is 28.3 Å². The summed E-state index contributed by atoms with van der Waals surface area (Å²) >= 11 is 6.14. The number of aryl methyl sites for hydroxylation is 1. The fraction of sp³-hybridized carbons (Fsp3) is 0.219. The van der Waals surface area contributed by atoms with Gasteiger partial charge in [0.25, 0.3) is 0 Å². The first-order chi connectivity index (χ1) is 19.1. The number of nitrogens with one attached hydrogen (secondary N) is 1. The van der Waals surface area contributed by atoms with Gasteiger partial charge in [0.15, 0.2) is 0 Å². The molecular weight excluding hydrogens is 508 g/mol. The number of ether oxygens (including phenoxy) is 2. The maximum Gasteiger partial charge on any atom is 0.146 e. The zero-order chi connectivity index (χ0) is 26.8.